The highest BCUT2D eigenvalue weighted by atomic mass is 19.1. The SMILES string of the molecule is CCN1CCc2ccc(NC(=O)c3cc(F)cc(F)c3)cc21. The van der Waals surface area contributed by atoms with Gasteiger partial charge in [-0.1, -0.05) is 6.07 Å². The van der Waals surface area contributed by atoms with Crippen LogP contribution in [0.1, 0.15) is 22.8 Å². The molecule has 0 radical (unpaired) electrons. The van der Waals surface area contributed by atoms with E-state index in [1.807, 2.05) is 18.2 Å². The average Bonchev–Trinajstić information content (AvgIpc) is 2.88. The molecule has 1 N–H and O–H groups in total. The Morgan fingerprint density at radius 1 is 1.18 bits per heavy atom. The lowest BCUT2D eigenvalue weighted by Crippen LogP contribution is -2.19. The molecule has 1 aliphatic heterocycles. The number of carbonyl (C=O) groups excluding carboxylic acids is 1. The Kier molecular flexibility index (Phi) is 3.79. The van der Waals surface area contributed by atoms with Crippen LogP contribution < -0.4 is 10.2 Å². The Bertz CT molecular complexity index is 710. The molecule has 1 heterocycles. The van der Waals surface area contributed by atoms with Gasteiger partial charge in [0.25, 0.3) is 5.91 Å². The van der Waals surface area contributed by atoms with E-state index >= 15 is 0 Å². The lowest BCUT2D eigenvalue weighted by atomic mass is 10.1. The van der Waals surface area contributed by atoms with Gasteiger partial charge in [-0.3, -0.25) is 4.79 Å². The third kappa shape index (κ3) is 2.79. The van der Waals surface area contributed by atoms with Gasteiger partial charge in [0.05, 0.1) is 0 Å². The van der Waals surface area contributed by atoms with Gasteiger partial charge in [-0.25, -0.2) is 8.78 Å². The van der Waals surface area contributed by atoms with Gasteiger partial charge in [0.1, 0.15) is 11.6 Å². The van der Waals surface area contributed by atoms with E-state index in [4.69, 9.17) is 0 Å². The highest BCUT2D eigenvalue weighted by molar-refractivity contribution is 6.04. The fourth-order valence-corrected chi connectivity index (χ4v) is 2.74. The number of amides is 1. The Labute approximate surface area is 127 Å². The standard InChI is InChI=1S/C17H16F2N2O/c1-2-21-6-5-11-3-4-15(10-16(11)21)20-17(22)12-7-13(18)9-14(19)8-12/h3-4,7-10H,2,5-6H2,1H3,(H,20,22). The maximum Gasteiger partial charge on any atom is 0.255 e. The molecule has 0 fully saturated rings. The van der Waals surface area contributed by atoms with Gasteiger partial charge in [-0.05, 0) is 43.2 Å². The first-order valence-corrected chi connectivity index (χ1v) is 7.22. The minimum Gasteiger partial charge on any atom is -0.371 e. The number of likely N-dealkylation sites (N-methyl/N-ethyl adjacent to an activating group) is 1. The molecule has 1 amide bonds. The van der Waals surface area contributed by atoms with Crippen molar-refractivity contribution in [2.45, 2.75) is 13.3 Å². The van der Waals surface area contributed by atoms with Crippen LogP contribution in [0.15, 0.2) is 36.4 Å². The normalized spacial score (nSPS) is 13.1. The zero-order chi connectivity index (χ0) is 15.7. The maximum absolute atomic E-state index is 13.2. The van der Waals surface area contributed by atoms with E-state index in [-0.39, 0.29) is 5.56 Å². The fourth-order valence-electron chi connectivity index (χ4n) is 2.74. The summed E-state index contributed by atoms with van der Waals surface area (Å²) >= 11 is 0. The third-order valence-electron chi connectivity index (χ3n) is 3.84. The van der Waals surface area contributed by atoms with Gasteiger partial charge in [0.15, 0.2) is 0 Å². The topological polar surface area (TPSA) is 32.3 Å². The minimum atomic E-state index is -0.767. The number of rotatable bonds is 3. The Balaban J connectivity index is 1.83. The third-order valence-corrected chi connectivity index (χ3v) is 3.84. The number of nitrogens with one attached hydrogen (secondary N) is 1. The summed E-state index contributed by atoms with van der Waals surface area (Å²) in [5, 5.41) is 2.69. The summed E-state index contributed by atoms with van der Waals surface area (Å²) in [6, 6.07) is 8.47. The number of anilines is 2. The number of halogens is 2. The molecular formula is C17H16F2N2O. The van der Waals surface area contributed by atoms with E-state index < -0.39 is 17.5 Å². The van der Waals surface area contributed by atoms with Gasteiger partial charge in [0, 0.05) is 36.1 Å². The zero-order valence-corrected chi connectivity index (χ0v) is 12.2. The molecule has 3 rings (SSSR count). The molecule has 0 atom stereocenters. The second kappa shape index (κ2) is 5.75. The summed E-state index contributed by atoms with van der Waals surface area (Å²) in [7, 11) is 0. The highest BCUT2D eigenvalue weighted by Gasteiger charge is 2.18. The molecule has 0 saturated carbocycles. The molecule has 114 valence electrons. The van der Waals surface area contributed by atoms with Gasteiger partial charge in [-0.2, -0.15) is 0 Å². The minimum absolute atomic E-state index is 0.0367. The fraction of sp³-hybridized carbons (Fsp3) is 0.235. The summed E-state index contributed by atoms with van der Waals surface area (Å²) in [5.41, 5.74) is 2.93. The molecule has 1 aliphatic rings. The van der Waals surface area contributed by atoms with E-state index in [0.717, 1.165) is 43.4 Å². The van der Waals surface area contributed by atoms with Crippen LogP contribution in [0.2, 0.25) is 0 Å². The first kappa shape index (κ1) is 14.5. The van der Waals surface area contributed by atoms with Crippen molar-refractivity contribution in [1.82, 2.24) is 0 Å². The molecule has 0 aromatic heterocycles. The van der Waals surface area contributed by atoms with Crippen LogP contribution in [-0.2, 0) is 6.42 Å². The first-order chi connectivity index (χ1) is 10.6. The molecule has 0 aliphatic carbocycles. The van der Waals surface area contributed by atoms with Gasteiger partial charge < -0.3 is 10.2 Å². The number of hydrogen-bond acceptors (Lipinski definition) is 2. The predicted molar refractivity (Wildman–Crippen MR) is 82.3 cm³/mol. The van der Waals surface area contributed by atoms with Crippen LogP contribution in [-0.4, -0.2) is 19.0 Å². The molecule has 2 aromatic rings. The molecule has 5 heteroatoms. The van der Waals surface area contributed by atoms with Crippen LogP contribution in [0.3, 0.4) is 0 Å². The monoisotopic (exact) mass is 302 g/mol. The van der Waals surface area contributed by atoms with Crippen molar-refractivity contribution in [2.75, 3.05) is 23.3 Å². The molecule has 0 saturated heterocycles. The predicted octanol–water partition coefficient (Wildman–Crippen LogP) is 3.60. The molecule has 0 unspecified atom stereocenters. The van der Waals surface area contributed by atoms with E-state index in [2.05, 4.69) is 17.1 Å². The quantitative estimate of drug-likeness (QED) is 0.939. The largest absolute Gasteiger partial charge is 0.371 e. The lowest BCUT2D eigenvalue weighted by Gasteiger charge is -2.17. The zero-order valence-electron chi connectivity index (χ0n) is 12.2. The number of fused-ring (bicyclic) bond motifs is 1. The van der Waals surface area contributed by atoms with Crippen LogP contribution in [0.25, 0.3) is 0 Å². The van der Waals surface area contributed by atoms with Crippen molar-refractivity contribution in [3.63, 3.8) is 0 Å². The van der Waals surface area contributed by atoms with Crippen molar-refractivity contribution < 1.29 is 13.6 Å². The number of carbonyl (C=O) groups is 1. The van der Waals surface area contributed by atoms with Crippen molar-refractivity contribution >= 4 is 17.3 Å². The Morgan fingerprint density at radius 2 is 1.91 bits per heavy atom. The first-order valence-electron chi connectivity index (χ1n) is 7.22. The van der Waals surface area contributed by atoms with Gasteiger partial charge >= 0.3 is 0 Å². The molecule has 22 heavy (non-hydrogen) atoms. The second-order valence-electron chi connectivity index (χ2n) is 5.29. The van der Waals surface area contributed by atoms with Crippen LogP contribution >= 0.6 is 0 Å². The summed E-state index contributed by atoms with van der Waals surface area (Å²) in [4.78, 5) is 14.3. The maximum atomic E-state index is 13.2. The number of hydrogen-bond donors (Lipinski definition) is 1. The van der Waals surface area contributed by atoms with Crippen molar-refractivity contribution in [3.8, 4) is 0 Å². The summed E-state index contributed by atoms with van der Waals surface area (Å²) < 4.78 is 26.4. The van der Waals surface area contributed by atoms with E-state index in [1.165, 1.54) is 5.56 Å². The van der Waals surface area contributed by atoms with Crippen LogP contribution in [0.5, 0.6) is 0 Å². The van der Waals surface area contributed by atoms with E-state index in [1.54, 1.807) is 0 Å². The van der Waals surface area contributed by atoms with Crippen molar-refractivity contribution in [2.24, 2.45) is 0 Å². The smallest absolute Gasteiger partial charge is 0.255 e. The molecular weight excluding hydrogens is 286 g/mol. The van der Waals surface area contributed by atoms with Gasteiger partial charge in [-0.15, -0.1) is 0 Å². The van der Waals surface area contributed by atoms with E-state index in [0.29, 0.717) is 5.69 Å². The highest BCUT2D eigenvalue weighted by Crippen LogP contribution is 2.30. The number of nitrogens with zero attached hydrogens (tertiary/aromatic N) is 1. The lowest BCUT2D eigenvalue weighted by molar-refractivity contribution is 0.102. The van der Waals surface area contributed by atoms with Crippen molar-refractivity contribution in [3.05, 3.63) is 59.2 Å². The van der Waals surface area contributed by atoms with Crippen LogP contribution in [0, 0.1) is 11.6 Å². The Morgan fingerprint density at radius 3 is 2.59 bits per heavy atom. The molecule has 0 bridgehead atoms. The van der Waals surface area contributed by atoms with E-state index in [9.17, 15) is 13.6 Å². The van der Waals surface area contributed by atoms with Crippen molar-refractivity contribution in [1.29, 1.82) is 0 Å². The molecule has 0 spiro atoms. The molecule has 3 nitrogen and oxygen atoms in total. The second-order valence-corrected chi connectivity index (χ2v) is 5.29. The summed E-state index contributed by atoms with van der Waals surface area (Å²) in [6.07, 6.45) is 0.993. The molecule has 2 aromatic carbocycles. The summed E-state index contributed by atoms with van der Waals surface area (Å²) in [6.45, 7) is 3.95. The number of benzene rings is 2. The van der Waals surface area contributed by atoms with Gasteiger partial charge in [0.2, 0.25) is 0 Å². The average molecular weight is 302 g/mol. The Hall–Kier alpha value is -2.43. The van der Waals surface area contributed by atoms with Crippen LogP contribution in [0.4, 0.5) is 20.2 Å². The summed E-state index contributed by atoms with van der Waals surface area (Å²) in [5.74, 6) is -2.06.